The third-order valence-electron chi connectivity index (χ3n) is 1.66. The van der Waals surface area contributed by atoms with Gasteiger partial charge in [0.25, 0.3) is 0 Å². The van der Waals surface area contributed by atoms with Crippen LogP contribution < -0.4 is 0 Å². The number of halogens is 1. The van der Waals surface area contributed by atoms with Crippen molar-refractivity contribution in [3.63, 3.8) is 0 Å². The van der Waals surface area contributed by atoms with E-state index in [0.29, 0.717) is 5.75 Å². The van der Waals surface area contributed by atoms with E-state index in [2.05, 4.69) is 0 Å². The van der Waals surface area contributed by atoms with Crippen molar-refractivity contribution in [1.82, 2.24) is 0 Å². The second-order valence-corrected chi connectivity index (χ2v) is 3.47. The summed E-state index contributed by atoms with van der Waals surface area (Å²) in [5.74, 6) is 1.50. The molecule has 0 unspecified atom stereocenters. The average molecular weight is 150 g/mol. The SMILES string of the molecule is OC[C@H]1CCSC[C@H]1F. The molecule has 0 bridgehead atoms. The molecule has 0 amide bonds. The van der Waals surface area contributed by atoms with E-state index in [1.165, 1.54) is 0 Å². The van der Waals surface area contributed by atoms with Gasteiger partial charge >= 0.3 is 0 Å². The van der Waals surface area contributed by atoms with E-state index in [9.17, 15) is 4.39 Å². The van der Waals surface area contributed by atoms with Crippen LogP contribution in [-0.4, -0.2) is 29.4 Å². The van der Waals surface area contributed by atoms with Crippen LogP contribution in [0, 0.1) is 5.92 Å². The zero-order chi connectivity index (χ0) is 6.69. The van der Waals surface area contributed by atoms with Gasteiger partial charge in [0.15, 0.2) is 0 Å². The molecule has 1 aliphatic heterocycles. The van der Waals surface area contributed by atoms with E-state index >= 15 is 0 Å². The van der Waals surface area contributed by atoms with Crippen molar-refractivity contribution in [2.75, 3.05) is 18.1 Å². The molecule has 1 rings (SSSR count). The van der Waals surface area contributed by atoms with Crippen molar-refractivity contribution in [3.8, 4) is 0 Å². The molecule has 0 aromatic rings. The molecule has 1 N–H and O–H groups in total. The molecular formula is C6H11FOS. The van der Waals surface area contributed by atoms with Gasteiger partial charge in [-0.05, 0) is 12.2 Å². The number of hydrogen-bond acceptors (Lipinski definition) is 2. The number of alkyl halides is 1. The summed E-state index contributed by atoms with van der Waals surface area (Å²) in [5.41, 5.74) is 0. The molecule has 0 spiro atoms. The molecule has 3 heteroatoms. The Morgan fingerprint density at radius 3 is 2.89 bits per heavy atom. The van der Waals surface area contributed by atoms with Crippen LogP contribution >= 0.6 is 11.8 Å². The molecular weight excluding hydrogens is 139 g/mol. The van der Waals surface area contributed by atoms with Gasteiger partial charge in [-0.1, -0.05) is 0 Å². The molecule has 0 aromatic heterocycles. The van der Waals surface area contributed by atoms with Crippen LogP contribution in [-0.2, 0) is 0 Å². The number of aliphatic hydroxyl groups is 1. The zero-order valence-electron chi connectivity index (χ0n) is 5.22. The van der Waals surface area contributed by atoms with Gasteiger partial charge in [-0.3, -0.25) is 0 Å². The van der Waals surface area contributed by atoms with Crippen LogP contribution in [0.1, 0.15) is 6.42 Å². The molecule has 54 valence electrons. The van der Waals surface area contributed by atoms with Crippen molar-refractivity contribution < 1.29 is 9.50 Å². The molecule has 1 fully saturated rings. The van der Waals surface area contributed by atoms with Gasteiger partial charge < -0.3 is 5.11 Å². The summed E-state index contributed by atoms with van der Waals surface area (Å²) in [4.78, 5) is 0. The molecule has 2 atom stereocenters. The number of rotatable bonds is 1. The van der Waals surface area contributed by atoms with E-state index in [-0.39, 0.29) is 12.5 Å². The van der Waals surface area contributed by atoms with E-state index in [4.69, 9.17) is 5.11 Å². The normalized spacial score (nSPS) is 36.7. The summed E-state index contributed by atoms with van der Waals surface area (Å²) in [6.07, 6.45) is 0.0660. The van der Waals surface area contributed by atoms with Crippen LogP contribution in [0.3, 0.4) is 0 Å². The number of thioether (sulfide) groups is 1. The highest BCUT2D eigenvalue weighted by molar-refractivity contribution is 7.99. The predicted octanol–water partition coefficient (Wildman–Crippen LogP) is 1.07. The largest absolute Gasteiger partial charge is 0.396 e. The molecule has 0 radical (unpaired) electrons. The molecule has 0 aliphatic carbocycles. The van der Waals surface area contributed by atoms with Crippen molar-refractivity contribution in [3.05, 3.63) is 0 Å². The third-order valence-corrected chi connectivity index (χ3v) is 2.73. The van der Waals surface area contributed by atoms with Gasteiger partial charge in [-0.25, -0.2) is 4.39 Å². The smallest absolute Gasteiger partial charge is 0.114 e. The maximum atomic E-state index is 12.7. The Bertz CT molecular complexity index is 89.1. The van der Waals surface area contributed by atoms with Gasteiger partial charge in [0.2, 0.25) is 0 Å². The van der Waals surface area contributed by atoms with Crippen LogP contribution in [0.5, 0.6) is 0 Å². The summed E-state index contributed by atoms with van der Waals surface area (Å²) >= 11 is 1.64. The fraction of sp³-hybridized carbons (Fsp3) is 1.00. The fourth-order valence-electron chi connectivity index (χ4n) is 0.953. The predicted molar refractivity (Wildman–Crippen MR) is 37.4 cm³/mol. The van der Waals surface area contributed by atoms with Crippen molar-refractivity contribution >= 4 is 11.8 Å². The Balaban J connectivity index is 2.30. The second-order valence-electron chi connectivity index (χ2n) is 2.32. The summed E-state index contributed by atoms with van der Waals surface area (Å²) < 4.78 is 12.7. The van der Waals surface area contributed by atoms with Gasteiger partial charge in [-0.15, -0.1) is 0 Å². The second kappa shape index (κ2) is 3.42. The first kappa shape index (κ1) is 7.35. The Hall–Kier alpha value is 0.240. The Labute approximate surface area is 58.6 Å². The highest BCUT2D eigenvalue weighted by atomic mass is 32.2. The van der Waals surface area contributed by atoms with E-state index in [0.717, 1.165) is 12.2 Å². The Kier molecular flexibility index (Phi) is 2.79. The van der Waals surface area contributed by atoms with Crippen molar-refractivity contribution in [2.45, 2.75) is 12.6 Å². The zero-order valence-corrected chi connectivity index (χ0v) is 6.03. The Morgan fingerprint density at radius 1 is 1.67 bits per heavy atom. The van der Waals surface area contributed by atoms with Crippen LogP contribution in [0.2, 0.25) is 0 Å². The minimum absolute atomic E-state index is 0.0156. The monoisotopic (exact) mass is 150 g/mol. The summed E-state index contributed by atoms with van der Waals surface area (Å²) in [6, 6.07) is 0. The number of hydrogen-bond donors (Lipinski definition) is 1. The lowest BCUT2D eigenvalue weighted by molar-refractivity contribution is 0.146. The van der Waals surface area contributed by atoms with Crippen LogP contribution in [0.25, 0.3) is 0 Å². The first-order valence-electron chi connectivity index (χ1n) is 3.17. The van der Waals surface area contributed by atoms with E-state index in [1.54, 1.807) is 11.8 Å². The highest BCUT2D eigenvalue weighted by Crippen LogP contribution is 2.24. The first-order valence-corrected chi connectivity index (χ1v) is 4.32. The molecule has 1 aliphatic rings. The Morgan fingerprint density at radius 2 is 2.44 bits per heavy atom. The maximum Gasteiger partial charge on any atom is 0.114 e. The first-order chi connectivity index (χ1) is 4.34. The molecule has 0 aromatic carbocycles. The number of aliphatic hydroxyl groups excluding tert-OH is 1. The lowest BCUT2D eigenvalue weighted by Crippen LogP contribution is -2.26. The quantitative estimate of drug-likeness (QED) is 0.603. The average Bonchev–Trinajstić information content (AvgIpc) is 1.89. The van der Waals surface area contributed by atoms with Crippen molar-refractivity contribution in [1.29, 1.82) is 0 Å². The minimum Gasteiger partial charge on any atom is -0.396 e. The molecule has 1 heterocycles. The minimum atomic E-state index is -0.770. The molecule has 1 nitrogen and oxygen atoms in total. The lowest BCUT2D eigenvalue weighted by atomic mass is 10.0. The van der Waals surface area contributed by atoms with Gasteiger partial charge in [-0.2, -0.15) is 11.8 Å². The van der Waals surface area contributed by atoms with Gasteiger partial charge in [0.05, 0.1) is 0 Å². The van der Waals surface area contributed by atoms with Gasteiger partial charge in [0, 0.05) is 18.3 Å². The topological polar surface area (TPSA) is 20.2 Å². The molecule has 0 saturated carbocycles. The maximum absolute atomic E-state index is 12.7. The van der Waals surface area contributed by atoms with Crippen LogP contribution in [0.4, 0.5) is 4.39 Å². The van der Waals surface area contributed by atoms with Crippen LogP contribution in [0.15, 0.2) is 0 Å². The summed E-state index contributed by atoms with van der Waals surface area (Å²) in [5, 5.41) is 8.61. The fourth-order valence-corrected chi connectivity index (χ4v) is 2.09. The third kappa shape index (κ3) is 1.83. The van der Waals surface area contributed by atoms with Gasteiger partial charge in [0.1, 0.15) is 6.17 Å². The summed E-state index contributed by atoms with van der Waals surface area (Å²) in [7, 11) is 0. The standard InChI is InChI=1S/C6H11FOS/c7-6-4-9-2-1-5(6)3-8/h5-6,8H,1-4H2/t5-,6-/m1/s1. The van der Waals surface area contributed by atoms with Crippen molar-refractivity contribution in [2.24, 2.45) is 5.92 Å². The van der Waals surface area contributed by atoms with E-state index < -0.39 is 6.17 Å². The van der Waals surface area contributed by atoms with E-state index in [1.807, 2.05) is 0 Å². The molecule has 1 saturated heterocycles. The lowest BCUT2D eigenvalue weighted by Gasteiger charge is -2.22. The summed E-state index contributed by atoms with van der Waals surface area (Å²) in [6.45, 7) is 0.0156. The molecule has 9 heavy (non-hydrogen) atoms. The highest BCUT2D eigenvalue weighted by Gasteiger charge is 2.23.